The van der Waals surface area contributed by atoms with E-state index in [1.165, 1.54) is 16.7 Å². The zero-order valence-corrected chi connectivity index (χ0v) is 11.6. The van der Waals surface area contributed by atoms with Crippen LogP contribution in [0.3, 0.4) is 0 Å². The fourth-order valence-electron chi connectivity index (χ4n) is 1.15. The van der Waals surface area contributed by atoms with Crippen LogP contribution in [0, 0.1) is 12.2 Å². The standard InChI is InChI=1S/C7H9.C6H7.Zr/c1-6-4-3-5-7(6)2;1-6-4-2-3-5-6;/h3H,4H2,1-2H3;2,4H,3H2,1H3;/q2*-1;+2. The van der Waals surface area contributed by atoms with E-state index in [2.05, 4.69) is 51.2 Å². The van der Waals surface area contributed by atoms with Crippen molar-refractivity contribution in [2.24, 2.45) is 0 Å². The largest absolute Gasteiger partial charge is 2.00 e. The Hall–Kier alpha value is -0.157. The molecule has 0 nitrogen and oxygen atoms in total. The SMILES string of the molecule is CC1=C(C)CC=[C-]1.CC1=[C-]CC=C1.[Zr+2]. The van der Waals surface area contributed by atoms with Crippen molar-refractivity contribution in [1.82, 2.24) is 0 Å². The first-order chi connectivity index (χ1) is 6.20. The summed E-state index contributed by atoms with van der Waals surface area (Å²) in [5.74, 6) is 0. The van der Waals surface area contributed by atoms with Crippen LogP contribution >= 0.6 is 0 Å². The molecule has 0 spiro atoms. The first-order valence-electron chi connectivity index (χ1n) is 4.68. The van der Waals surface area contributed by atoms with Crippen molar-refractivity contribution in [3.05, 3.63) is 47.1 Å². The normalized spacial score (nSPS) is 17.5. The Labute approximate surface area is 107 Å². The molecule has 2 aliphatic rings. The molecule has 0 heterocycles. The van der Waals surface area contributed by atoms with E-state index in [0.717, 1.165) is 12.8 Å². The van der Waals surface area contributed by atoms with E-state index in [0.29, 0.717) is 0 Å². The number of hydrogen-bond acceptors (Lipinski definition) is 0. The quantitative estimate of drug-likeness (QED) is 0.584. The first kappa shape index (κ1) is 13.8. The van der Waals surface area contributed by atoms with Crippen LogP contribution in [0.15, 0.2) is 34.9 Å². The van der Waals surface area contributed by atoms with Crippen molar-refractivity contribution >= 4 is 0 Å². The Balaban J connectivity index is 0.000000227. The summed E-state index contributed by atoms with van der Waals surface area (Å²) in [5.41, 5.74) is 4.05. The molecule has 14 heavy (non-hydrogen) atoms. The Morgan fingerprint density at radius 2 is 1.93 bits per heavy atom. The molecule has 0 aromatic rings. The van der Waals surface area contributed by atoms with Gasteiger partial charge in [-0.25, -0.2) is 22.8 Å². The average molecular weight is 263 g/mol. The average Bonchev–Trinajstić information content (AvgIpc) is 2.67. The third kappa shape index (κ3) is 4.91. The van der Waals surface area contributed by atoms with Crippen molar-refractivity contribution in [3.8, 4) is 0 Å². The third-order valence-electron chi connectivity index (χ3n) is 2.23. The molecule has 0 atom stereocenters. The third-order valence-corrected chi connectivity index (χ3v) is 2.23. The van der Waals surface area contributed by atoms with Crippen LogP contribution < -0.4 is 0 Å². The molecule has 0 aromatic heterocycles. The second-order valence-electron chi connectivity index (χ2n) is 3.42. The fourth-order valence-corrected chi connectivity index (χ4v) is 1.15. The number of rotatable bonds is 0. The van der Waals surface area contributed by atoms with Gasteiger partial charge in [0, 0.05) is 0 Å². The Kier molecular flexibility index (Phi) is 7.10. The van der Waals surface area contributed by atoms with Gasteiger partial charge in [0.25, 0.3) is 0 Å². The van der Waals surface area contributed by atoms with E-state index in [1.54, 1.807) is 0 Å². The van der Waals surface area contributed by atoms with E-state index < -0.39 is 0 Å². The second kappa shape index (κ2) is 7.18. The van der Waals surface area contributed by atoms with Crippen LogP contribution in [-0.4, -0.2) is 0 Å². The van der Waals surface area contributed by atoms with Crippen molar-refractivity contribution in [1.29, 1.82) is 0 Å². The predicted octanol–water partition coefficient (Wildman–Crippen LogP) is 3.78. The Morgan fingerprint density at radius 3 is 2.07 bits per heavy atom. The van der Waals surface area contributed by atoms with Crippen LogP contribution in [0.4, 0.5) is 0 Å². The molecule has 0 saturated carbocycles. The van der Waals surface area contributed by atoms with Gasteiger partial charge in [0.2, 0.25) is 0 Å². The van der Waals surface area contributed by atoms with Crippen LogP contribution in [-0.2, 0) is 26.2 Å². The molecule has 0 unspecified atom stereocenters. The van der Waals surface area contributed by atoms with Crippen LogP contribution in [0.25, 0.3) is 0 Å². The minimum atomic E-state index is 0. The van der Waals surface area contributed by atoms with Crippen molar-refractivity contribution in [3.63, 3.8) is 0 Å². The summed E-state index contributed by atoms with van der Waals surface area (Å²) in [4.78, 5) is 0. The summed E-state index contributed by atoms with van der Waals surface area (Å²) < 4.78 is 0. The number of allylic oxidation sites excluding steroid dienone is 8. The van der Waals surface area contributed by atoms with Crippen LogP contribution in [0.1, 0.15) is 33.6 Å². The van der Waals surface area contributed by atoms with Gasteiger partial charge < -0.3 is 0 Å². The summed E-state index contributed by atoms with van der Waals surface area (Å²) >= 11 is 0. The summed E-state index contributed by atoms with van der Waals surface area (Å²) in [6, 6.07) is 0. The molecule has 0 fully saturated rings. The maximum Gasteiger partial charge on any atom is 2.00 e. The zero-order chi connectivity index (χ0) is 9.68. The van der Waals surface area contributed by atoms with Crippen molar-refractivity contribution in [2.45, 2.75) is 33.6 Å². The van der Waals surface area contributed by atoms with Gasteiger partial charge in [0.15, 0.2) is 0 Å². The summed E-state index contributed by atoms with van der Waals surface area (Å²) in [6.07, 6.45) is 14.6. The second-order valence-corrected chi connectivity index (χ2v) is 3.42. The molecule has 0 bridgehead atoms. The van der Waals surface area contributed by atoms with E-state index in [9.17, 15) is 0 Å². The molecule has 0 radical (unpaired) electrons. The maximum absolute atomic E-state index is 3.12. The Bertz CT molecular complexity index is 288. The first-order valence-corrected chi connectivity index (χ1v) is 4.68. The Morgan fingerprint density at radius 1 is 1.21 bits per heavy atom. The fraction of sp³-hybridized carbons (Fsp3) is 0.385. The van der Waals surface area contributed by atoms with E-state index in [4.69, 9.17) is 0 Å². The summed E-state index contributed by atoms with van der Waals surface area (Å²) in [7, 11) is 0. The van der Waals surface area contributed by atoms with Gasteiger partial charge in [0.05, 0.1) is 0 Å². The van der Waals surface area contributed by atoms with Gasteiger partial charge in [-0.3, -0.25) is 12.2 Å². The number of hydrogen-bond donors (Lipinski definition) is 0. The van der Waals surface area contributed by atoms with Gasteiger partial charge in [-0.1, -0.05) is 20.3 Å². The summed E-state index contributed by atoms with van der Waals surface area (Å²) in [6.45, 7) is 6.30. The molecular weight excluding hydrogens is 247 g/mol. The molecule has 0 aromatic carbocycles. The molecule has 0 N–H and O–H groups in total. The molecule has 2 rings (SSSR count). The van der Waals surface area contributed by atoms with Gasteiger partial charge in [-0.2, -0.15) is 12.2 Å². The van der Waals surface area contributed by atoms with Gasteiger partial charge in [0.1, 0.15) is 0 Å². The van der Waals surface area contributed by atoms with Crippen molar-refractivity contribution < 1.29 is 26.2 Å². The van der Waals surface area contributed by atoms with Gasteiger partial charge in [-0.15, -0.1) is 13.3 Å². The predicted molar refractivity (Wildman–Crippen MR) is 57.0 cm³/mol. The van der Waals surface area contributed by atoms with Gasteiger partial charge in [-0.05, 0) is 0 Å². The molecule has 1 heteroatoms. The molecule has 0 amide bonds. The zero-order valence-electron chi connectivity index (χ0n) is 9.15. The minimum absolute atomic E-state index is 0. The minimum Gasteiger partial charge on any atom is -0.270 e. The molecule has 2 aliphatic carbocycles. The monoisotopic (exact) mass is 262 g/mol. The van der Waals surface area contributed by atoms with E-state index in [-0.39, 0.29) is 26.2 Å². The van der Waals surface area contributed by atoms with Crippen LogP contribution in [0.2, 0.25) is 0 Å². The molecule has 0 saturated heterocycles. The molecule has 72 valence electrons. The van der Waals surface area contributed by atoms with Gasteiger partial charge >= 0.3 is 26.2 Å². The molecule has 0 aliphatic heterocycles. The van der Waals surface area contributed by atoms with E-state index >= 15 is 0 Å². The smallest absolute Gasteiger partial charge is 0.270 e. The van der Waals surface area contributed by atoms with Crippen molar-refractivity contribution in [2.75, 3.05) is 0 Å². The summed E-state index contributed by atoms with van der Waals surface area (Å²) in [5, 5.41) is 0. The maximum atomic E-state index is 3.12. The van der Waals surface area contributed by atoms with E-state index in [1.807, 2.05) is 0 Å². The van der Waals surface area contributed by atoms with Crippen LogP contribution in [0.5, 0.6) is 0 Å². The molecular formula is C13H16Zr. The topological polar surface area (TPSA) is 0 Å².